The molecule has 0 bridgehead atoms. The number of aromatic amines is 1. The predicted molar refractivity (Wildman–Crippen MR) is 150 cm³/mol. The molecule has 0 saturated heterocycles. The first-order chi connectivity index (χ1) is 19.5. The molecule has 2 unspecified atom stereocenters. The molecule has 0 fully saturated rings. The minimum Gasteiger partial charge on any atom is -0.343 e. The molecule has 6 N–H and O–H groups in total. The van der Waals surface area contributed by atoms with E-state index in [1.54, 1.807) is 17.2 Å². The van der Waals surface area contributed by atoms with E-state index in [-0.39, 0.29) is 25.2 Å². The summed E-state index contributed by atoms with van der Waals surface area (Å²) in [5.74, 6) is -1.44. The zero-order valence-corrected chi connectivity index (χ0v) is 23.2. The number of anilines is 1. The van der Waals surface area contributed by atoms with Gasteiger partial charge in [0.05, 0.1) is 5.56 Å². The number of rotatable bonds is 13. The Kier molecular flexibility index (Phi) is 11.4. The molecule has 220 valence electrons. The van der Waals surface area contributed by atoms with E-state index in [0.29, 0.717) is 30.9 Å². The first kappa shape index (κ1) is 31.8. The first-order valence-electron chi connectivity index (χ1n) is 13.1. The molecule has 9 nitrogen and oxygen atoms in total. The maximum atomic E-state index is 13.3. The SMILES string of the molecule is CCN(CCN)C(=O)CCC(NCl)C(=O)NC(Cc1ccc(C(F)(F)F)cc1)C(=O)Nc1c[nH+]c2ccccc2c1. The molecule has 3 aromatic rings. The fourth-order valence-electron chi connectivity index (χ4n) is 4.24. The third-order valence-corrected chi connectivity index (χ3v) is 6.77. The molecular weight excluding hydrogens is 561 g/mol. The van der Waals surface area contributed by atoms with Crippen LogP contribution in [0.1, 0.15) is 30.9 Å². The summed E-state index contributed by atoms with van der Waals surface area (Å²) < 4.78 is 39.1. The van der Waals surface area contributed by atoms with Crippen LogP contribution in [-0.4, -0.2) is 54.3 Å². The van der Waals surface area contributed by atoms with E-state index in [0.717, 1.165) is 23.0 Å². The molecule has 3 rings (SSSR count). The van der Waals surface area contributed by atoms with E-state index in [9.17, 15) is 27.6 Å². The van der Waals surface area contributed by atoms with Gasteiger partial charge in [0.1, 0.15) is 17.8 Å². The number of nitrogens with one attached hydrogen (secondary N) is 4. The Morgan fingerprint density at radius 2 is 1.76 bits per heavy atom. The van der Waals surface area contributed by atoms with Crippen LogP contribution in [0.4, 0.5) is 18.9 Å². The van der Waals surface area contributed by atoms with Crippen molar-refractivity contribution >= 4 is 46.1 Å². The number of H-pyrrole nitrogens is 1. The van der Waals surface area contributed by atoms with Crippen LogP contribution in [0.2, 0.25) is 0 Å². The minimum atomic E-state index is -4.51. The third kappa shape index (κ3) is 9.13. The number of pyridine rings is 1. The number of aromatic nitrogens is 1. The molecule has 1 heterocycles. The quantitative estimate of drug-likeness (QED) is 0.226. The number of nitrogens with two attached hydrogens (primary N) is 1. The molecule has 0 spiro atoms. The summed E-state index contributed by atoms with van der Waals surface area (Å²) in [6.45, 7) is 2.95. The number of carbonyl (C=O) groups excluding carboxylic acids is 3. The van der Waals surface area contributed by atoms with Gasteiger partial charge in [0, 0.05) is 43.9 Å². The molecule has 0 radical (unpaired) electrons. The number of alkyl halides is 3. The summed E-state index contributed by atoms with van der Waals surface area (Å²) in [6.07, 6.45) is -2.96. The van der Waals surface area contributed by atoms with Gasteiger partial charge < -0.3 is 21.3 Å². The molecule has 41 heavy (non-hydrogen) atoms. The Bertz CT molecular complexity index is 1340. The van der Waals surface area contributed by atoms with Gasteiger partial charge >= 0.3 is 6.18 Å². The number of hydrogen-bond acceptors (Lipinski definition) is 5. The average molecular weight is 594 g/mol. The lowest BCUT2D eigenvalue weighted by Crippen LogP contribution is -2.51. The molecule has 13 heteroatoms. The van der Waals surface area contributed by atoms with Crippen LogP contribution < -0.4 is 26.2 Å². The van der Waals surface area contributed by atoms with Crippen molar-refractivity contribution in [2.45, 2.75) is 44.4 Å². The highest BCUT2D eigenvalue weighted by atomic mass is 35.5. The lowest BCUT2D eigenvalue weighted by Gasteiger charge is -2.23. The smallest absolute Gasteiger partial charge is 0.343 e. The largest absolute Gasteiger partial charge is 0.416 e. The van der Waals surface area contributed by atoms with Gasteiger partial charge in [-0.1, -0.05) is 24.3 Å². The maximum absolute atomic E-state index is 13.3. The summed E-state index contributed by atoms with van der Waals surface area (Å²) in [7, 11) is 0. The van der Waals surface area contributed by atoms with Gasteiger partial charge in [-0.25, -0.2) is 9.82 Å². The Morgan fingerprint density at radius 1 is 1.05 bits per heavy atom. The van der Waals surface area contributed by atoms with Crippen LogP contribution >= 0.6 is 11.8 Å². The van der Waals surface area contributed by atoms with Crippen molar-refractivity contribution < 1.29 is 32.5 Å². The molecule has 0 aliphatic carbocycles. The monoisotopic (exact) mass is 593 g/mol. The summed E-state index contributed by atoms with van der Waals surface area (Å²) >= 11 is 5.82. The van der Waals surface area contributed by atoms with Crippen LogP contribution in [0.3, 0.4) is 0 Å². The van der Waals surface area contributed by atoms with Crippen LogP contribution in [0.5, 0.6) is 0 Å². The van der Waals surface area contributed by atoms with Gasteiger partial charge in [-0.15, -0.1) is 0 Å². The highest BCUT2D eigenvalue weighted by molar-refractivity contribution is 6.15. The fraction of sp³-hybridized carbons (Fsp3) is 0.357. The van der Waals surface area contributed by atoms with Crippen molar-refractivity contribution in [3.63, 3.8) is 0 Å². The van der Waals surface area contributed by atoms with Crippen molar-refractivity contribution in [2.24, 2.45) is 5.73 Å². The summed E-state index contributed by atoms with van der Waals surface area (Å²) in [5, 5.41) is 6.22. The topological polar surface area (TPSA) is 131 Å². The van der Waals surface area contributed by atoms with Crippen molar-refractivity contribution in [3.05, 3.63) is 71.9 Å². The maximum Gasteiger partial charge on any atom is 0.416 e. The van der Waals surface area contributed by atoms with E-state index in [1.165, 1.54) is 12.1 Å². The Morgan fingerprint density at radius 3 is 2.39 bits per heavy atom. The zero-order valence-electron chi connectivity index (χ0n) is 22.4. The lowest BCUT2D eigenvalue weighted by atomic mass is 10.0. The number of hydrogen-bond donors (Lipinski definition) is 4. The van der Waals surface area contributed by atoms with Crippen LogP contribution in [0.15, 0.2) is 60.8 Å². The second kappa shape index (κ2) is 14.8. The van der Waals surface area contributed by atoms with Gasteiger partial charge in [0.15, 0.2) is 6.20 Å². The van der Waals surface area contributed by atoms with Crippen molar-refractivity contribution in [3.8, 4) is 0 Å². The van der Waals surface area contributed by atoms with Gasteiger partial charge in [-0.2, -0.15) is 13.2 Å². The van der Waals surface area contributed by atoms with Gasteiger partial charge in [-0.05, 0) is 55.0 Å². The van der Waals surface area contributed by atoms with Crippen molar-refractivity contribution in [2.75, 3.05) is 25.0 Å². The number of fused-ring (bicyclic) bond motifs is 1. The van der Waals surface area contributed by atoms with Gasteiger partial charge in [-0.3, -0.25) is 14.4 Å². The van der Waals surface area contributed by atoms with Crippen molar-refractivity contribution in [1.29, 1.82) is 0 Å². The lowest BCUT2D eigenvalue weighted by molar-refractivity contribution is -0.343. The summed E-state index contributed by atoms with van der Waals surface area (Å²) in [4.78, 5) is 46.0. The molecule has 0 aliphatic heterocycles. The summed E-state index contributed by atoms with van der Waals surface area (Å²) in [6, 6.07) is 11.3. The standard InChI is InChI=1S/C28H32ClF3N6O3/c1-2-38(14-13-33)25(39)12-11-23(37-29)26(40)36-24(15-18-7-9-20(10-8-18)28(30,31)32)27(41)35-21-16-19-5-3-4-6-22(19)34-17-21/h3-10,16-17,23-24,37H,2,11-15,33H2,1H3,(H,35,41)(H,36,40)/p+1. The van der Waals surface area contributed by atoms with Gasteiger partial charge in [0.25, 0.3) is 0 Å². The Labute approximate surface area is 240 Å². The molecule has 0 aliphatic rings. The van der Waals surface area contributed by atoms with E-state index < -0.39 is 35.6 Å². The summed E-state index contributed by atoms with van der Waals surface area (Å²) in [5.41, 5.74) is 6.39. The highest BCUT2D eigenvalue weighted by Crippen LogP contribution is 2.29. The highest BCUT2D eigenvalue weighted by Gasteiger charge is 2.31. The molecule has 3 amide bonds. The van der Waals surface area contributed by atoms with Crippen molar-refractivity contribution in [1.82, 2.24) is 15.1 Å². The number of likely N-dealkylation sites (N-methyl/N-ethyl adjacent to an activating group) is 1. The number of amides is 3. The van der Waals surface area contributed by atoms with Crippen LogP contribution in [-0.2, 0) is 27.0 Å². The molecule has 2 aromatic carbocycles. The molecule has 2 atom stereocenters. The molecule has 0 saturated carbocycles. The fourth-order valence-corrected chi connectivity index (χ4v) is 4.45. The second-order valence-corrected chi connectivity index (χ2v) is 9.61. The number of benzene rings is 2. The first-order valence-corrected chi connectivity index (χ1v) is 13.4. The van der Waals surface area contributed by atoms with Gasteiger partial charge in [0.2, 0.25) is 23.2 Å². The number of carbonyl (C=O) groups is 3. The predicted octanol–water partition coefficient (Wildman–Crippen LogP) is 3.04. The molecule has 1 aromatic heterocycles. The minimum absolute atomic E-state index is 0.00827. The van der Waals surface area contributed by atoms with E-state index in [4.69, 9.17) is 17.5 Å². The number of para-hydroxylation sites is 1. The number of halogens is 4. The van der Waals surface area contributed by atoms with E-state index in [2.05, 4.69) is 20.5 Å². The Hall–Kier alpha value is -3.74. The van der Waals surface area contributed by atoms with E-state index in [1.807, 2.05) is 31.2 Å². The normalized spacial score (nSPS) is 12.9. The second-order valence-electron chi connectivity index (χ2n) is 9.39. The van der Waals surface area contributed by atoms with Crippen LogP contribution in [0, 0.1) is 0 Å². The Balaban J connectivity index is 1.77. The van der Waals surface area contributed by atoms with E-state index >= 15 is 0 Å². The average Bonchev–Trinajstić information content (AvgIpc) is 2.95. The zero-order chi connectivity index (χ0) is 30.0. The molecular formula is C28H33ClF3N6O3+. The third-order valence-electron chi connectivity index (χ3n) is 6.51. The van der Waals surface area contributed by atoms with Crippen LogP contribution in [0.25, 0.3) is 10.9 Å². The number of nitrogens with zero attached hydrogens (tertiary/aromatic N) is 1.